The maximum absolute atomic E-state index is 12.6. The molecule has 1 aromatic carbocycles. The molecule has 2 heterocycles. The largest absolute Gasteiger partial charge is 0.486 e. The monoisotopic (exact) mass is 313 g/mol. The van der Waals surface area contributed by atoms with Gasteiger partial charge < -0.3 is 14.4 Å². The normalized spacial score (nSPS) is 16.0. The van der Waals surface area contributed by atoms with Crippen molar-refractivity contribution in [3.8, 4) is 11.5 Å². The fourth-order valence-corrected chi connectivity index (χ4v) is 2.52. The number of hydrogen-bond acceptors (Lipinski definition) is 5. The van der Waals surface area contributed by atoms with Gasteiger partial charge in [-0.1, -0.05) is 19.1 Å². The highest BCUT2D eigenvalue weighted by atomic mass is 16.6. The van der Waals surface area contributed by atoms with Crippen LogP contribution in [0.3, 0.4) is 0 Å². The van der Waals surface area contributed by atoms with E-state index < -0.39 is 0 Å². The number of amides is 1. The van der Waals surface area contributed by atoms with E-state index in [1.807, 2.05) is 31.2 Å². The average Bonchev–Trinajstić information content (AvgIpc) is 2.61. The lowest BCUT2D eigenvalue weighted by atomic mass is 10.2. The Morgan fingerprint density at radius 3 is 2.87 bits per heavy atom. The molecule has 120 valence electrons. The first-order valence-electron chi connectivity index (χ1n) is 7.71. The summed E-state index contributed by atoms with van der Waals surface area (Å²) in [6.07, 6.45) is 5.22. The summed E-state index contributed by atoms with van der Waals surface area (Å²) >= 11 is 0. The molecule has 0 aliphatic carbocycles. The minimum atomic E-state index is -0.197. The highest BCUT2D eigenvalue weighted by Gasteiger charge is 2.26. The predicted molar refractivity (Wildman–Crippen MR) is 84.6 cm³/mol. The second-order valence-electron chi connectivity index (χ2n) is 5.34. The minimum absolute atomic E-state index is 0.137. The molecule has 0 spiro atoms. The quantitative estimate of drug-likeness (QED) is 0.846. The summed E-state index contributed by atoms with van der Waals surface area (Å²) in [7, 11) is 0. The van der Waals surface area contributed by atoms with E-state index in [2.05, 4.69) is 9.97 Å². The Labute approximate surface area is 135 Å². The van der Waals surface area contributed by atoms with Gasteiger partial charge in [0.05, 0.1) is 12.7 Å². The van der Waals surface area contributed by atoms with Crippen LogP contribution in [0.2, 0.25) is 0 Å². The van der Waals surface area contributed by atoms with Crippen molar-refractivity contribution in [1.82, 2.24) is 14.9 Å². The Morgan fingerprint density at radius 1 is 1.30 bits per heavy atom. The van der Waals surface area contributed by atoms with Crippen LogP contribution in [-0.2, 0) is 0 Å². The predicted octanol–water partition coefficient (Wildman–Crippen LogP) is 2.17. The first-order chi connectivity index (χ1) is 11.3. The number of carbonyl (C=O) groups is 1. The number of benzene rings is 1. The van der Waals surface area contributed by atoms with E-state index in [0.717, 1.165) is 12.2 Å². The van der Waals surface area contributed by atoms with Crippen molar-refractivity contribution >= 4 is 5.91 Å². The third-order valence-electron chi connectivity index (χ3n) is 3.55. The fraction of sp³-hybridized carbons (Fsp3) is 0.353. The molecule has 0 fully saturated rings. The van der Waals surface area contributed by atoms with E-state index in [9.17, 15) is 4.79 Å². The smallest absolute Gasteiger partial charge is 0.274 e. The van der Waals surface area contributed by atoms with Gasteiger partial charge in [0.25, 0.3) is 5.91 Å². The van der Waals surface area contributed by atoms with E-state index in [0.29, 0.717) is 31.1 Å². The SMILES string of the molecule is CCCN(CC1COc2ccccc2O1)C(=O)c1cnccn1. The Balaban J connectivity index is 1.70. The third kappa shape index (κ3) is 3.59. The number of hydrogen-bond donors (Lipinski definition) is 0. The number of para-hydroxylation sites is 2. The second-order valence-corrected chi connectivity index (χ2v) is 5.34. The van der Waals surface area contributed by atoms with Crippen LogP contribution in [0.4, 0.5) is 0 Å². The Kier molecular flexibility index (Phi) is 4.71. The zero-order chi connectivity index (χ0) is 16.1. The van der Waals surface area contributed by atoms with Gasteiger partial charge in [-0.15, -0.1) is 0 Å². The average molecular weight is 313 g/mol. The van der Waals surface area contributed by atoms with Crippen LogP contribution in [0.1, 0.15) is 23.8 Å². The lowest BCUT2D eigenvalue weighted by molar-refractivity contribution is 0.0458. The lowest BCUT2D eigenvalue weighted by Gasteiger charge is -2.31. The maximum atomic E-state index is 12.6. The first-order valence-corrected chi connectivity index (χ1v) is 7.71. The van der Waals surface area contributed by atoms with Crippen LogP contribution < -0.4 is 9.47 Å². The number of rotatable bonds is 5. The molecule has 3 rings (SSSR count). The molecule has 2 aromatic rings. The molecule has 6 heteroatoms. The number of fused-ring (bicyclic) bond motifs is 1. The molecule has 0 saturated carbocycles. The van der Waals surface area contributed by atoms with Crippen molar-refractivity contribution < 1.29 is 14.3 Å². The molecule has 1 unspecified atom stereocenters. The molecular weight excluding hydrogens is 294 g/mol. The molecule has 1 atom stereocenters. The van der Waals surface area contributed by atoms with Gasteiger partial charge in [0.15, 0.2) is 17.6 Å². The highest BCUT2D eigenvalue weighted by molar-refractivity contribution is 5.92. The van der Waals surface area contributed by atoms with Gasteiger partial charge in [-0.25, -0.2) is 4.98 Å². The van der Waals surface area contributed by atoms with Crippen molar-refractivity contribution in [2.45, 2.75) is 19.4 Å². The molecule has 23 heavy (non-hydrogen) atoms. The van der Waals surface area contributed by atoms with Gasteiger partial charge in [-0.05, 0) is 18.6 Å². The van der Waals surface area contributed by atoms with Crippen molar-refractivity contribution in [3.63, 3.8) is 0 Å². The number of aromatic nitrogens is 2. The Bertz CT molecular complexity index is 663. The van der Waals surface area contributed by atoms with Gasteiger partial charge in [0.1, 0.15) is 12.3 Å². The third-order valence-corrected chi connectivity index (χ3v) is 3.55. The molecule has 1 aliphatic heterocycles. The zero-order valence-corrected chi connectivity index (χ0v) is 13.0. The van der Waals surface area contributed by atoms with E-state index in [4.69, 9.17) is 9.47 Å². The summed E-state index contributed by atoms with van der Waals surface area (Å²) in [5, 5.41) is 0. The van der Waals surface area contributed by atoms with Gasteiger partial charge in [-0.3, -0.25) is 9.78 Å². The van der Waals surface area contributed by atoms with Crippen molar-refractivity contribution in [2.75, 3.05) is 19.7 Å². The zero-order valence-electron chi connectivity index (χ0n) is 13.0. The van der Waals surface area contributed by atoms with Gasteiger partial charge in [-0.2, -0.15) is 0 Å². The molecule has 6 nitrogen and oxygen atoms in total. The minimum Gasteiger partial charge on any atom is -0.486 e. The van der Waals surface area contributed by atoms with Crippen LogP contribution in [0, 0.1) is 0 Å². The summed E-state index contributed by atoms with van der Waals surface area (Å²) in [4.78, 5) is 22.4. The fourth-order valence-electron chi connectivity index (χ4n) is 2.52. The summed E-state index contributed by atoms with van der Waals surface area (Å²) < 4.78 is 11.6. The van der Waals surface area contributed by atoms with Crippen LogP contribution in [0.15, 0.2) is 42.9 Å². The van der Waals surface area contributed by atoms with E-state index >= 15 is 0 Å². The molecule has 0 radical (unpaired) electrons. The first kappa shape index (κ1) is 15.3. The molecule has 0 saturated heterocycles. The molecular formula is C17H19N3O3. The standard InChI is InChI=1S/C17H19N3O3/c1-2-9-20(17(21)14-10-18-7-8-19-14)11-13-12-22-15-5-3-4-6-16(15)23-13/h3-8,10,13H,2,9,11-12H2,1H3. The van der Waals surface area contributed by atoms with E-state index in [-0.39, 0.29) is 12.0 Å². The number of ether oxygens (including phenoxy) is 2. The summed E-state index contributed by atoms with van der Waals surface area (Å²) in [6, 6.07) is 7.55. The van der Waals surface area contributed by atoms with Crippen LogP contribution in [0.25, 0.3) is 0 Å². The molecule has 1 aliphatic rings. The summed E-state index contributed by atoms with van der Waals surface area (Å²) in [5.74, 6) is 1.32. The van der Waals surface area contributed by atoms with Crippen LogP contribution in [-0.4, -0.2) is 46.6 Å². The molecule has 1 aromatic heterocycles. The Morgan fingerprint density at radius 2 is 2.13 bits per heavy atom. The van der Waals surface area contributed by atoms with Gasteiger partial charge in [0.2, 0.25) is 0 Å². The second kappa shape index (κ2) is 7.09. The van der Waals surface area contributed by atoms with Gasteiger partial charge in [0, 0.05) is 18.9 Å². The summed E-state index contributed by atoms with van der Waals surface area (Å²) in [6.45, 7) is 3.55. The topological polar surface area (TPSA) is 64.6 Å². The number of carbonyl (C=O) groups excluding carboxylic acids is 1. The van der Waals surface area contributed by atoms with Gasteiger partial charge >= 0.3 is 0 Å². The van der Waals surface area contributed by atoms with Crippen molar-refractivity contribution in [3.05, 3.63) is 48.5 Å². The highest BCUT2D eigenvalue weighted by Crippen LogP contribution is 2.31. The van der Waals surface area contributed by atoms with Crippen molar-refractivity contribution in [2.24, 2.45) is 0 Å². The maximum Gasteiger partial charge on any atom is 0.274 e. The Hall–Kier alpha value is -2.63. The van der Waals surface area contributed by atoms with E-state index in [1.165, 1.54) is 12.4 Å². The van der Waals surface area contributed by atoms with Crippen LogP contribution in [0.5, 0.6) is 11.5 Å². The van der Waals surface area contributed by atoms with E-state index in [1.54, 1.807) is 11.1 Å². The van der Waals surface area contributed by atoms with Crippen LogP contribution >= 0.6 is 0 Å². The molecule has 0 bridgehead atoms. The summed E-state index contributed by atoms with van der Waals surface area (Å²) in [5.41, 5.74) is 0.345. The lowest BCUT2D eigenvalue weighted by Crippen LogP contribution is -2.44. The molecule has 0 N–H and O–H groups in total. The van der Waals surface area contributed by atoms with Crippen molar-refractivity contribution in [1.29, 1.82) is 0 Å². The number of nitrogens with zero attached hydrogens (tertiary/aromatic N) is 3. The molecule has 1 amide bonds.